The Kier molecular flexibility index (Phi) is 7.47. The topological polar surface area (TPSA) is 38.3 Å². The Morgan fingerprint density at radius 2 is 1.92 bits per heavy atom. The molecule has 0 aliphatic rings. The standard InChI is InChI=1S/C19H22ClNO2S/c1-3-18(24-16-10-8-15(20)9-11-16)19(22)21-12-13-23-17-7-5-4-6-14(17)2/h4-11,18H,3,12-13H2,1-2H3,(H,21,22)/t18-/m1/s1. The lowest BCUT2D eigenvalue weighted by Gasteiger charge is -2.15. The van der Waals surface area contributed by atoms with Crippen molar-refractivity contribution in [1.29, 1.82) is 0 Å². The molecule has 1 amide bonds. The van der Waals surface area contributed by atoms with Crippen molar-refractivity contribution in [1.82, 2.24) is 5.32 Å². The molecule has 0 aliphatic heterocycles. The van der Waals surface area contributed by atoms with Crippen molar-refractivity contribution in [3.8, 4) is 5.75 Å². The first-order chi connectivity index (χ1) is 11.6. The van der Waals surface area contributed by atoms with Crippen LogP contribution in [0.2, 0.25) is 5.02 Å². The van der Waals surface area contributed by atoms with E-state index in [0.29, 0.717) is 18.2 Å². The third kappa shape index (κ3) is 5.77. The SMILES string of the molecule is CC[C@@H](Sc1ccc(Cl)cc1)C(=O)NCCOc1ccccc1C. The third-order valence-corrected chi connectivity index (χ3v) is 5.14. The van der Waals surface area contributed by atoms with Crippen LogP contribution in [-0.2, 0) is 4.79 Å². The Morgan fingerprint density at radius 3 is 2.58 bits per heavy atom. The normalized spacial score (nSPS) is 11.8. The van der Waals surface area contributed by atoms with Gasteiger partial charge in [-0.2, -0.15) is 0 Å². The quantitative estimate of drug-likeness (QED) is 0.545. The van der Waals surface area contributed by atoms with Crippen LogP contribution in [-0.4, -0.2) is 24.3 Å². The van der Waals surface area contributed by atoms with Crippen molar-refractivity contribution in [3.63, 3.8) is 0 Å². The Labute approximate surface area is 152 Å². The summed E-state index contributed by atoms with van der Waals surface area (Å²) in [5.74, 6) is 0.889. The van der Waals surface area contributed by atoms with Crippen LogP contribution in [0.25, 0.3) is 0 Å². The number of amides is 1. The van der Waals surface area contributed by atoms with Crippen molar-refractivity contribution >= 4 is 29.3 Å². The summed E-state index contributed by atoms with van der Waals surface area (Å²) >= 11 is 7.44. The Hall–Kier alpha value is -1.65. The predicted molar refractivity (Wildman–Crippen MR) is 101 cm³/mol. The lowest BCUT2D eigenvalue weighted by molar-refractivity contribution is -0.120. The van der Waals surface area contributed by atoms with Crippen LogP contribution in [0.3, 0.4) is 0 Å². The second-order valence-corrected chi connectivity index (χ2v) is 7.09. The van der Waals surface area contributed by atoms with E-state index in [9.17, 15) is 4.79 Å². The molecule has 0 saturated carbocycles. The molecule has 0 heterocycles. The minimum Gasteiger partial charge on any atom is -0.491 e. The second kappa shape index (κ2) is 9.60. The van der Waals surface area contributed by atoms with Gasteiger partial charge in [0.2, 0.25) is 5.91 Å². The monoisotopic (exact) mass is 363 g/mol. The molecule has 2 rings (SSSR count). The summed E-state index contributed by atoms with van der Waals surface area (Å²) in [6, 6.07) is 15.4. The predicted octanol–water partition coefficient (Wildman–Crippen LogP) is 4.71. The molecule has 0 saturated heterocycles. The van der Waals surface area contributed by atoms with Crippen LogP contribution in [0.1, 0.15) is 18.9 Å². The minimum absolute atomic E-state index is 0.0332. The van der Waals surface area contributed by atoms with E-state index >= 15 is 0 Å². The number of benzene rings is 2. The molecular weight excluding hydrogens is 342 g/mol. The van der Waals surface area contributed by atoms with E-state index in [4.69, 9.17) is 16.3 Å². The van der Waals surface area contributed by atoms with Crippen molar-refractivity contribution in [2.24, 2.45) is 0 Å². The van der Waals surface area contributed by atoms with Crippen molar-refractivity contribution < 1.29 is 9.53 Å². The lowest BCUT2D eigenvalue weighted by Crippen LogP contribution is -2.35. The molecule has 1 N–H and O–H groups in total. The number of nitrogens with one attached hydrogen (secondary N) is 1. The second-order valence-electron chi connectivity index (χ2n) is 5.37. The molecule has 0 aliphatic carbocycles. The largest absolute Gasteiger partial charge is 0.491 e. The van der Waals surface area contributed by atoms with Gasteiger partial charge in [0.15, 0.2) is 0 Å². The van der Waals surface area contributed by atoms with Crippen LogP contribution in [0.4, 0.5) is 0 Å². The zero-order valence-electron chi connectivity index (χ0n) is 13.9. The maximum absolute atomic E-state index is 12.3. The molecule has 0 unspecified atom stereocenters. The van der Waals surface area contributed by atoms with E-state index < -0.39 is 0 Å². The van der Waals surface area contributed by atoms with Crippen LogP contribution < -0.4 is 10.1 Å². The fourth-order valence-corrected chi connectivity index (χ4v) is 3.27. The van der Waals surface area contributed by atoms with Gasteiger partial charge in [0.1, 0.15) is 12.4 Å². The van der Waals surface area contributed by atoms with Gasteiger partial charge in [-0.05, 0) is 49.2 Å². The molecular formula is C19H22ClNO2S. The van der Waals surface area contributed by atoms with E-state index in [1.807, 2.05) is 62.4 Å². The molecule has 24 heavy (non-hydrogen) atoms. The molecule has 2 aromatic rings. The smallest absolute Gasteiger partial charge is 0.233 e. The van der Waals surface area contributed by atoms with E-state index in [-0.39, 0.29) is 11.2 Å². The fraction of sp³-hybridized carbons (Fsp3) is 0.316. The highest BCUT2D eigenvalue weighted by Gasteiger charge is 2.17. The van der Waals surface area contributed by atoms with Crippen molar-refractivity contribution in [3.05, 3.63) is 59.1 Å². The highest BCUT2D eigenvalue weighted by Crippen LogP contribution is 2.26. The van der Waals surface area contributed by atoms with Crippen LogP contribution in [0.15, 0.2) is 53.4 Å². The number of aryl methyl sites for hydroxylation is 1. The molecule has 2 aromatic carbocycles. The number of ether oxygens (including phenoxy) is 1. The average Bonchev–Trinajstić information content (AvgIpc) is 2.59. The Balaban J connectivity index is 1.77. The van der Waals surface area contributed by atoms with E-state index in [2.05, 4.69) is 5.32 Å². The number of rotatable bonds is 8. The molecule has 0 radical (unpaired) electrons. The summed E-state index contributed by atoms with van der Waals surface area (Å²) in [4.78, 5) is 13.3. The van der Waals surface area contributed by atoms with Crippen molar-refractivity contribution in [2.45, 2.75) is 30.4 Å². The van der Waals surface area contributed by atoms with Crippen molar-refractivity contribution in [2.75, 3.05) is 13.2 Å². The number of halogens is 1. The van der Waals surface area contributed by atoms with Gasteiger partial charge in [-0.3, -0.25) is 4.79 Å². The number of carbonyl (C=O) groups excluding carboxylic acids is 1. The van der Waals surface area contributed by atoms with E-state index in [0.717, 1.165) is 22.6 Å². The first kappa shape index (κ1) is 18.7. The van der Waals surface area contributed by atoms with Gasteiger partial charge < -0.3 is 10.1 Å². The first-order valence-electron chi connectivity index (χ1n) is 7.98. The molecule has 1 atom stereocenters. The average molecular weight is 364 g/mol. The van der Waals surface area contributed by atoms with Gasteiger partial charge in [0.05, 0.1) is 11.8 Å². The van der Waals surface area contributed by atoms with Crippen LogP contribution >= 0.6 is 23.4 Å². The highest BCUT2D eigenvalue weighted by atomic mass is 35.5. The van der Waals surface area contributed by atoms with Gasteiger partial charge in [-0.25, -0.2) is 0 Å². The summed E-state index contributed by atoms with van der Waals surface area (Å²) in [6.07, 6.45) is 0.762. The van der Waals surface area contributed by atoms with Gasteiger partial charge in [0.25, 0.3) is 0 Å². The van der Waals surface area contributed by atoms with Gasteiger partial charge in [-0.1, -0.05) is 36.7 Å². The zero-order valence-corrected chi connectivity index (χ0v) is 15.5. The molecule has 5 heteroatoms. The Bertz CT molecular complexity index is 661. The number of thioether (sulfide) groups is 1. The number of para-hydroxylation sites is 1. The summed E-state index contributed by atoms with van der Waals surface area (Å²) in [6.45, 7) is 4.96. The highest BCUT2D eigenvalue weighted by molar-refractivity contribution is 8.00. The maximum atomic E-state index is 12.3. The zero-order chi connectivity index (χ0) is 17.4. The molecule has 0 fully saturated rings. The summed E-state index contributed by atoms with van der Waals surface area (Å²) < 4.78 is 5.70. The van der Waals surface area contributed by atoms with Gasteiger partial charge in [-0.15, -0.1) is 11.8 Å². The van der Waals surface area contributed by atoms with E-state index in [1.54, 1.807) is 11.8 Å². The van der Waals surface area contributed by atoms with E-state index in [1.165, 1.54) is 0 Å². The van der Waals surface area contributed by atoms with Gasteiger partial charge in [0, 0.05) is 9.92 Å². The summed E-state index contributed by atoms with van der Waals surface area (Å²) in [5, 5.41) is 3.52. The fourth-order valence-electron chi connectivity index (χ4n) is 2.17. The summed E-state index contributed by atoms with van der Waals surface area (Å²) in [5.41, 5.74) is 1.09. The minimum atomic E-state index is -0.121. The Morgan fingerprint density at radius 1 is 1.21 bits per heavy atom. The molecule has 0 spiro atoms. The molecule has 128 valence electrons. The van der Waals surface area contributed by atoms with Gasteiger partial charge >= 0.3 is 0 Å². The number of hydrogen-bond acceptors (Lipinski definition) is 3. The first-order valence-corrected chi connectivity index (χ1v) is 9.24. The molecule has 3 nitrogen and oxygen atoms in total. The molecule has 0 bridgehead atoms. The number of hydrogen-bond donors (Lipinski definition) is 1. The third-order valence-electron chi connectivity index (χ3n) is 3.51. The van der Waals surface area contributed by atoms with Crippen LogP contribution in [0, 0.1) is 6.92 Å². The lowest BCUT2D eigenvalue weighted by atomic mass is 10.2. The van der Waals surface area contributed by atoms with Crippen LogP contribution in [0.5, 0.6) is 5.75 Å². The maximum Gasteiger partial charge on any atom is 0.233 e. The number of carbonyl (C=O) groups is 1. The summed E-state index contributed by atoms with van der Waals surface area (Å²) in [7, 11) is 0. The molecule has 0 aromatic heterocycles.